The maximum Gasteiger partial charge on any atom is 0.312 e. The molecule has 2 aromatic carbocycles. The summed E-state index contributed by atoms with van der Waals surface area (Å²) in [6, 6.07) is 14.4. The van der Waals surface area contributed by atoms with Crippen LogP contribution in [0.4, 0.5) is 5.69 Å². The zero-order valence-corrected chi connectivity index (χ0v) is 16.7. The van der Waals surface area contributed by atoms with E-state index < -0.39 is 18.0 Å². The third kappa shape index (κ3) is 4.45. The molecule has 140 valence electrons. The summed E-state index contributed by atoms with van der Waals surface area (Å²) in [4.78, 5) is 38.8. The standard InChI is InChI=1S/C21H20BrNO4/c1-13-3-5-15(6-4-13)20(25)14(2)27-21(26)16-11-19(24)23(12-16)18-9-7-17(22)8-10-18/h3-10,14,16H,11-12H2,1-2H3/t14-,16+/m1/s1. The van der Waals surface area contributed by atoms with Gasteiger partial charge >= 0.3 is 5.97 Å². The van der Waals surface area contributed by atoms with Crippen LogP contribution < -0.4 is 4.90 Å². The zero-order chi connectivity index (χ0) is 19.6. The van der Waals surface area contributed by atoms with Gasteiger partial charge in [-0.05, 0) is 38.1 Å². The molecule has 6 heteroatoms. The molecule has 0 aromatic heterocycles. The van der Waals surface area contributed by atoms with E-state index in [9.17, 15) is 14.4 Å². The summed E-state index contributed by atoms with van der Waals surface area (Å²) in [5.41, 5.74) is 2.29. The summed E-state index contributed by atoms with van der Waals surface area (Å²) >= 11 is 3.36. The van der Waals surface area contributed by atoms with E-state index in [1.54, 1.807) is 24.0 Å². The molecule has 27 heavy (non-hydrogen) atoms. The van der Waals surface area contributed by atoms with Gasteiger partial charge in [-0.1, -0.05) is 45.8 Å². The average Bonchev–Trinajstić information content (AvgIpc) is 3.04. The quantitative estimate of drug-likeness (QED) is 0.533. The van der Waals surface area contributed by atoms with Crippen LogP contribution >= 0.6 is 15.9 Å². The third-order valence-electron chi connectivity index (χ3n) is 4.59. The van der Waals surface area contributed by atoms with Crippen LogP contribution in [0, 0.1) is 12.8 Å². The van der Waals surface area contributed by atoms with Crippen LogP contribution in [0.15, 0.2) is 53.0 Å². The number of nitrogens with zero attached hydrogens (tertiary/aromatic N) is 1. The minimum atomic E-state index is -0.892. The Kier molecular flexibility index (Phi) is 5.75. The molecule has 1 aliphatic heterocycles. The van der Waals surface area contributed by atoms with Crippen molar-refractivity contribution in [3.63, 3.8) is 0 Å². The Morgan fingerprint density at radius 2 is 1.74 bits per heavy atom. The lowest BCUT2D eigenvalue weighted by molar-refractivity contribution is -0.151. The van der Waals surface area contributed by atoms with Crippen molar-refractivity contribution in [2.24, 2.45) is 5.92 Å². The lowest BCUT2D eigenvalue weighted by Gasteiger charge is -2.18. The highest BCUT2D eigenvalue weighted by molar-refractivity contribution is 9.10. The van der Waals surface area contributed by atoms with Gasteiger partial charge < -0.3 is 9.64 Å². The van der Waals surface area contributed by atoms with Crippen molar-refractivity contribution in [1.82, 2.24) is 0 Å². The van der Waals surface area contributed by atoms with Crippen molar-refractivity contribution in [3.05, 3.63) is 64.1 Å². The molecule has 2 atom stereocenters. The van der Waals surface area contributed by atoms with E-state index in [0.717, 1.165) is 15.7 Å². The minimum absolute atomic E-state index is 0.0837. The highest BCUT2D eigenvalue weighted by Gasteiger charge is 2.37. The Morgan fingerprint density at radius 1 is 1.11 bits per heavy atom. The van der Waals surface area contributed by atoms with Gasteiger partial charge in [-0.3, -0.25) is 14.4 Å². The molecule has 1 fully saturated rings. The fourth-order valence-corrected chi connectivity index (χ4v) is 3.28. The van der Waals surface area contributed by atoms with E-state index in [4.69, 9.17) is 4.74 Å². The molecule has 0 N–H and O–H groups in total. The van der Waals surface area contributed by atoms with Crippen molar-refractivity contribution < 1.29 is 19.1 Å². The third-order valence-corrected chi connectivity index (χ3v) is 5.12. The van der Waals surface area contributed by atoms with Gasteiger partial charge in [-0.25, -0.2) is 0 Å². The van der Waals surface area contributed by atoms with Gasteiger partial charge in [-0.2, -0.15) is 0 Å². The van der Waals surface area contributed by atoms with Crippen molar-refractivity contribution in [3.8, 4) is 0 Å². The summed E-state index contributed by atoms with van der Waals surface area (Å²) in [7, 11) is 0. The number of benzene rings is 2. The molecule has 3 rings (SSSR count). The number of carbonyl (C=O) groups is 3. The highest BCUT2D eigenvalue weighted by Crippen LogP contribution is 2.27. The van der Waals surface area contributed by atoms with Gasteiger partial charge in [0.15, 0.2) is 6.10 Å². The van der Waals surface area contributed by atoms with Gasteiger partial charge in [0, 0.05) is 28.7 Å². The molecule has 1 saturated heterocycles. The van der Waals surface area contributed by atoms with Crippen LogP contribution in [-0.2, 0) is 14.3 Å². The molecule has 5 nitrogen and oxygen atoms in total. The van der Waals surface area contributed by atoms with Crippen molar-refractivity contribution in [2.75, 3.05) is 11.4 Å². The molecule has 1 amide bonds. The number of hydrogen-bond acceptors (Lipinski definition) is 4. The predicted molar refractivity (Wildman–Crippen MR) is 106 cm³/mol. The molecular formula is C21H20BrNO4. The molecule has 0 radical (unpaired) electrons. The number of ether oxygens (including phenoxy) is 1. The van der Waals surface area contributed by atoms with E-state index in [1.165, 1.54) is 0 Å². The van der Waals surface area contributed by atoms with Crippen LogP contribution in [0.25, 0.3) is 0 Å². The number of anilines is 1. The van der Waals surface area contributed by atoms with Crippen LogP contribution in [0.5, 0.6) is 0 Å². The molecule has 0 spiro atoms. The van der Waals surface area contributed by atoms with Crippen LogP contribution in [0.2, 0.25) is 0 Å². The number of halogens is 1. The molecule has 2 aromatic rings. The average molecular weight is 430 g/mol. The zero-order valence-electron chi connectivity index (χ0n) is 15.1. The lowest BCUT2D eigenvalue weighted by Crippen LogP contribution is -2.30. The van der Waals surface area contributed by atoms with Crippen molar-refractivity contribution in [2.45, 2.75) is 26.4 Å². The van der Waals surface area contributed by atoms with Gasteiger partial charge in [0.25, 0.3) is 0 Å². The number of carbonyl (C=O) groups excluding carboxylic acids is 3. The van der Waals surface area contributed by atoms with Gasteiger partial charge in [0.2, 0.25) is 11.7 Å². The maximum absolute atomic E-state index is 12.5. The first kappa shape index (κ1) is 19.3. The maximum atomic E-state index is 12.5. The number of hydrogen-bond donors (Lipinski definition) is 0. The van der Waals surface area contributed by atoms with E-state index in [2.05, 4.69) is 15.9 Å². The molecule has 1 aliphatic rings. The summed E-state index contributed by atoms with van der Waals surface area (Å²) in [6.07, 6.45) is -0.808. The second-order valence-electron chi connectivity index (χ2n) is 6.69. The summed E-state index contributed by atoms with van der Waals surface area (Å²) in [5, 5.41) is 0. The predicted octanol–water partition coefficient (Wildman–Crippen LogP) is 3.93. The second kappa shape index (κ2) is 8.05. The normalized spacial score (nSPS) is 17.7. The van der Waals surface area contributed by atoms with E-state index in [1.807, 2.05) is 43.3 Å². The number of ketones is 1. The largest absolute Gasteiger partial charge is 0.454 e. The fraction of sp³-hybridized carbons (Fsp3) is 0.286. The molecular weight excluding hydrogens is 410 g/mol. The minimum Gasteiger partial charge on any atom is -0.454 e. The number of esters is 1. The summed E-state index contributed by atoms with van der Waals surface area (Å²) in [5.74, 6) is -1.47. The number of rotatable bonds is 5. The molecule has 0 saturated carbocycles. The Hall–Kier alpha value is -2.47. The molecule has 0 aliphatic carbocycles. The van der Waals surface area contributed by atoms with Crippen molar-refractivity contribution in [1.29, 1.82) is 0 Å². The fourth-order valence-electron chi connectivity index (χ4n) is 3.01. The Morgan fingerprint density at radius 3 is 2.37 bits per heavy atom. The lowest BCUT2D eigenvalue weighted by atomic mass is 10.1. The summed E-state index contributed by atoms with van der Waals surface area (Å²) in [6.45, 7) is 3.75. The number of Topliss-reactive ketones (excluding diaryl/α,β-unsaturated/α-hetero) is 1. The van der Waals surface area contributed by atoms with Gasteiger partial charge in [0.1, 0.15) is 0 Å². The van der Waals surface area contributed by atoms with Crippen molar-refractivity contribution >= 4 is 39.3 Å². The number of amides is 1. The summed E-state index contributed by atoms with van der Waals surface area (Å²) < 4.78 is 6.27. The van der Waals surface area contributed by atoms with Crippen LogP contribution in [-0.4, -0.2) is 30.3 Å². The molecule has 0 unspecified atom stereocenters. The van der Waals surface area contributed by atoms with E-state index in [-0.39, 0.29) is 24.7 Å². The Labute approximate surface area is 166 Å². The van der Waals surface area contributed by atoms with E-state index >= 15 is 0 Å². The first-order valence-electron chi connectivity index (χ1n) is 8.72. The first-order valence-corrected chi connectivity index (χ1v) is 9.52. The monoisotopic (exact) mass is 429 g/mol. The van der Waals surface area contributed by atoms with Crippen LogP contribution in [0.1, 0.15) is 29.3 Å². The number of aryl methyl sites for hydroxylation is 1. The molecule has 1 heterocycles. The Bertz CT molecular complexity index is 861. The van der Waals surface area contributed by atoms with Gasteiger partial charge in [0.05, 0.1) is 5.92 Å². The second-order valence-corrected chi connectivity index (χ2v) is 7.61. The molecule has 0 bridgehead atoms. The topological polar surface area (TPSA) is 63.7 Å². The highest BCUT2D eigenvalue weighted by atomic mass is 79.9. The Balaban J connectivity index is 1.62. The first-order chi connectivity index (χ1) is 12.8. The van der Waals surface area contributed by atoms with E-state index in [0.29, 0.717) is 5.56 Å². The SMILES string of the molecule is Cc1ccc(C(=O)[C@@H](C)OC(=O)[C@H]2CC(=O)N(c3ccc(Br)cc3)C2)cc1. The van der Waals surface area contributed by atoms with Crippen LogP contribution in [0.3, 0.4) is 0 Å². The van der Waals surface area contributed by atoms with Gasteiger partial charge in [-0.15, -0.1) is 0 Å². The smallest absolute Gasteiger partial charge is 0.312 e.